The first-order valence-electron chi connectivity index (χ1n) is 5.98. The molecule has 0 fully saturated rings. The summed E-state index contributed by atoms with van der Waals surface area (Å²) in [4.78, 5) is 4.08. The highest BCUT2D eigenvalue weighted by molar-refractivity contribution is 5.75. The number of aromatic nitrogens is 5. The van der Waals surface area contributed by atoms with Crippen LogP contribution in [0.1, 0.15) is 18.5 Å². The molecule has 5 nitrogen and oxygen atoms in total. The fourth-order valence-corrected chi connectivity index (χ4v) is 2.12. The van der Waals surface area contributed by atoms with Crippen LogP contribution in [0.3, 0.4) is 0 Å². The van der Waals surface area contributed by atoms with Gasteiger partial charge in [-0.2, -0.15) is 0 Å². The fourth-order valence-electron chi connectivity index (χ4n) is 2.12. The minimum absolute atomic E-state index is 0.0427. The van der Waals surface area contributed by atoms with Gasteiger partial charge in [-0.15, -0.1) is 11.0 Å². The van der Waals surface area contributed by atoms with Gasteiger partial charge in [0.15, 0.2) is 0 Å². The lowest BCUT2D eigenvalue weighted by molar-refractivity contribution is 0.719. The van der Waals surface area contributed by atoms with Crippen molar-refractivity contribution in [1.29, 1.82) is 0 Å². The number of imidazole rings is 1. The van der Waals surface area contributed by atoms with Crippen LogP contribution in [0.15, 0.2) is 36.9 Å². The summed E-state index contributed by atoms with van der Waals surface area (Å²) in [5, 5.41) is 8.16. The Kier molecular flexibility index (Phi) is 2.76. The highest BCUT2D eigenvalue weighted by Crippen LogP contribution is 2.21. The zero-order chi connectivity index (χ0) is 13.2. The Hall–Kier alpha value is -2.61. The van der Waals surface area contributed by atoms with Gasteiger partial charge in [0.1, 0.15) is 11.6 Å². The van der Waals surface area contributed by atoms with E-state index in [0.29, 0.717) is 0 Å². The normalized spacial score (nSPS) is 12.1. The molecular weight excluding hydrogens is 238 g/mol. The minimum Gasteiger partial charge on any atom is -0.319 e. The molecule has 0 aliphatic heterocycles. The highest BCUT2D eigenvalue weighted by Gasteiger charge is 2.12. The van der Waals surface area contributed by atoms with Crippen molar-refractivity contribution in [2.75, 3.05) is 0 Å². The summed E-state index contributed by atoms with van der Waals surface area (Å²) in [5.74, 6) is 6.16. The second-order valence-corrected chi connectivity index (χ2v) is 4.27. The molecule has 94 valence electrons. The highest BCUT2D eigenvalue weighted by atomic mass is 15.4. The van der Waals surface area contributed by atoms with Crippen LogP contribution in [0.5, 0.6) is 0 Å². The van der Waals surface area contributed by atoms with Gasteiger partial charge in [-0.05, 0) is 24.6 Å². The van der Waals surface area contributed by atoms with Crippen LogP contribution >= 0.6 is 0 Å². The first-order chi connectivity index (χ1) is 9.29. The third-order valence-electron chi connectivity index (χ3n) is 3.05. The summed E-state index contributed by atoms with van der Waals surface area (Å²) in [6, 6.07) is 6.06. The lowest BCUT2D eigenvalue weighted by atomic mass is 10.1. The molecule has 1 aromatic carbocycles. The Labute approximate surface area is 110 Å². The van der Waals surface area contributed by atoms with Gasteiger partial charge in [0.2, 0.25) is 0 Å². The zero-order valence-electron chi connectivity index (χ0n) is 10.8. The summed E-state index contributed by atoms with van der Waals surface area (Å²) >= 11 is 0. The molecule has 0 aliphatic carbocycles. The number of hydrogen-bond donors (Lipinski definition) is 0. The monoisotopic (exact) mass is 251 g/mol. The molecule has 0 aliphatic rings. The second-order valence-electron chi connectivity index (χ2n) is 4.27. The van der Waals surface area contributed by atoms with E-state index in [-0.39, 0.29) is 6.04 Å². The average molecular weight is 251 g/mol. The molecule has 0 radical (unpaired) electrons. The molecule has 0 bridgehead atoms. The predicted molar refractivity (Wildman–Crippen MR) is 72.3 cm³/mol. The van der Waals surface area contributed by atoms with Gasteiger partial charge >= 0.3 is 0 Å². The molecule has 0 saturated carbocycles. The average Bonchev–Trinajstić information content (AvgIpc) is 3.06. The van der Waals surface area contributed by atoms with Gasteiger partial charge in [0.05, 0.1) is 11.8 Å². The van der Waals surface area contributed by atoms with Crippen molar-refractivity contribution in [1.82, 2.24) is 24.5 Å². The molecule has 3 rings (SSSR count). The van der Waals surface area contributed by atoms with Crippen molar-refractivity contribution in [3.63, 3.8) is 0 Å². The van der Waals surface area contributed by atoms with E-state index >= 15 is 0 Å². The maximum atomic E-state index is 4.14. The summed E-state index contributed by atoms with van der Waals surface area (Å²) in [6.07, 6.45) is 5.44. The fraction of sp³-hybridized carbons (Fsp3) is 0.214. The van der Waals surface area contributed by atoms with E-state index in [2.05, 4.69) is 33.2 Å². The van der Waals surface area contributed by atoms with E-state index in [4.69, 9.17) is 0 Å². The topological polar surface area (TPSA) is 48.5 Å². The number of hydrogen-bond acceptors (Lipinski definition) is 3. The Morgan fingerprint density at radius 3 is 2.95 bits per heavy atom. The molecule has 0 N–H and O–H groups in total. The van der Waals surface area contributed by atoms with Crippen LogP contribution < -0.4 is 0 Å². The van der Waals surface area contributed by atoms with Crippen LogP contribution in [0.2, 0.25) is 0 Å². The van der Waals surface area contributed by atoms with Crippen LogP contribution in [-0.2, 0) is 7.05 Å². The van der Waals surface area contributed by atoms with Crippen LogP contribution in [0, 0.1) is 11.8 Å². The van der Waals surface area contributed by atoms with Crippen molar-refractivity contribution in [3.05, 3.63) is 42.5 Å². The molecule has 1 atom stereocenters. The molecule has 3 aromatic rings. The van der Waals surface area contributed by atoms with E-state index in [9.17, 15) is 0 Å². The largest absolute Gasteiger partial charge is 0.319 e. The Morgan fingerprint density at radius 1 is 1.32 bits per heavy atom. The second kappa shape index (κ2) is 4.58. The number of fused-ring (bicyclic) bond motifs is 1. The molecule has 5 heteroatoms. The van der Waals surface area contributed by atoms with Gasteiger partial charge < -0.3 is 4.57 Å². The van der Waals surface area contributed by atoms with E-state index in [1.54, 1.807) is 17.2 Å². The number of rotatable bonds is 2. The van der Waals surface area contributed by atoms with Gasteiger partial charge in [0.25, 0.3) is 0 Å². The molecule has 0 amide bonds. The van der Waals surface area contributed by atoms with E-state index < -0.39 is 0 Å². The van der Waals surface area contributed by atoms with Crippen LogP contribution in [0.4, 0.5) is 0 Å². The molecule has 1 unspecified atom stereocenters. The summed E-state index contributed by atoms with van der Waals surface area (Å²) in [6.45, 7) is 1.84. The molecule has 2 heterocycles. The van der Waals surface area contributed by atoms with Crippen molar-refractivity contribution in [2.45, 2.75) is 13.0 Å². The summed E-state index contributed by atoms with van der Waals surface area (Å²) < 4.78 is 3.74. The quantitative estimate of drug-likeness (QED) is 0.652. The Balaban J connectivity index is 2.12. The first kappa shape index (κ1) is 11.5. The van der Waals surface area contributed by atoms with Gasteiger partial charge in [-0.3, -0.25) is 0 Å². The standard InChI is InChI=1S/C14H13N5/c1-3-4-13(19-8-7-15-10-19)11-5-6-14-12(9-11)16-17-18(14)2/h5-10,13H,1-2H3. The SMILES string of the molecule is CC#CC(c1ccc2c(c1)nnn2C)n1ccnc1. The minimum atomic E-state index is -0.0427. The molecule has 0 spiro atoms. The molecule has 19 heavy (non-hydrogen) atoms. The van der Waals surface area contributed by atoms with Gasteiger partial charge in [0, 0.05) is 19.4 Å². The van der Waals surface area contributed by atoms with Crippen molar-refractivity contribution in [2.24, 2.45) is 7.05 Å². The van der Waals surface area contributed by atoms with Crippen LogP contribution in [-0.4, -0.2) is 24.5 Å². The molecule has 0 saturated heterocycles. The zero-order valence-corrected chi connectivity index (χ0v) is 10.8. The van der Waals surface area contributed by atoms with Crippen molar-refractivity contribution >= 4 is 11.0 Å². The smallest absolute Gasteiger partial charge is 0.121 e. The van der Waals surface area contributed by atoms with Crippen molar-refractivity contribution < 1.29 is 0 Å². The number of aryl methyl sites for hydroxylation is 1. The lowest BCUT2D eigenvalue weighted by Gasteiger charge is -2.12. The predicted octanol–water partition coefficient (Wildman–Crippen LogP) is 1.78. The van der Waals surface area contributed by atoms with Crippen molar-refractivity contribution in [3.8, 4) is 11.8 Å². The summed E-state index contributed by atoms with van der Waals surface area (Å²) in [7, 11) is 1.88. The van der Waals surface area contributed by atoms with E-state index in [1.165, 1.54) is 0 Å². The third-order valence-corrected chi connectivity index (χ3v) is 3.05. The first-order valence-corrected chi connectivity index (χ1v) is 5.98. The Morgan fingerprint density at radius 2 is 2.21 bits per heavy atom. The Bertz CT molecular complexity index is 758. The third kappa shape index (κ3) is 1.97. The van der Waals surface area contributed by atoms with Crippen LogP contribution in [0.25, 0.3) is 11.0 Å². The number of nitrogens with zero attached hydrogens (tertiary/aromatic N) is 5. The summed E-state index contributed by atoms with van der Waals surface area (Å²) in [5.41, 5.74) is 2.97. The van der Waals surface area contributed by atoms with Gasteiger partial charge in [-0.25, -0.2) is 9.67 Å². The maximum absolute atomic E-state index is 4.14. The maximum Gasteiger partial charge on any atom is 0.121 e. The van der Waals surface area contributed by atoms with E-state index in [0.717, 1.165) is 16.6 Å². The number of benzene rings is 1. The lowest BCUT2D eigenvalue weighted by Crippen LogP contribution is -2.06. The van der Waals surface area contributed by atoms with E-state index in [1.807, 2.05) is 36.9 Å². The molecular formula is C14H13N5. The van der Waals surface area contributed by atoms with Gasteiger partial charge in [-0.1, -0.05) is 17.2 Å². The molecule has 2 aromatic heterocycles.